The number of hydrogen-bond donors (Lipinski definition) is 2. The van der Waals surface area contributed by atoms with Crippen LogP contribution in [0.2, 0.25) is 0 Å². The fourth-order valence-corrected chi connectivity index (χ4v) is 1.34. The maximum atomic E-state index is 10.6. The van der Waals surface area contributed by atoms with Crippen LogP contribution in [-0.4, -0.2) is 15.1 Å². The van der Waals surface area contributed by atoms with Gasteiger partial charge >= 0.3 is 5.82 Å². The molecule has 82 valence electrons. The number of benzene rings is 1. The van der Waals surface area contributed by atoms with E-state index in [4.69, 9.17) is 0 Å². The van der Waals surface area contributed by atoms with Crippen molar-refractivity contribution in [2.75, 3.05) is 5.32 Å². The molecule has 0 atom stereocenters. The van der Waals surface area contributed by atoms with E-state index in [0.717, 1.165) is 5.56 Å². The lowest BCUT2D eigenvalue weighted by Crippen LogP contribution is -2.00. The molecule has 16 heavy (non-hydrogen) atoms. The van der Waals surface area contributed by atoms with Crippen LogP contribution >= 0.6 is 0 Å². The summed E-state index contributed by atoms with van der Waals surface area (Å²) in [6.07, 6.45) is 1.40. The molecule has 0 fully saturated rings. The van der Waals surface area contributed by atoms with Crippen molar-refractivity contribution in [2.45, 2.75) is 6.54 Å². The zero-order chi connectivity index (χ0) is 11.4. The molecule has 6 nitrogen and oxygen atoms in total. The van der Waals surface area contributed by atoms with Crippen LogP contribution in [-0.2, 0) is 6.54 Å². The standard InChI is InChI=1S/C10H10N4O2/c15-14(16)10-9(7-12-13-10)11-6-8-4-2-1-3-5-8/h1-5,7,11H,6H2,(H,12,13). The molecule has 0 aliphatic rings. The van der Waals surface area contributed by atoms with Gasteiger partial charge in [0, 0.05) is 6.54 Å². The van der Waals surface area contributed by atoms with Crippen molar-refractivity contribution in [3.8, 4) is 0 Å². The Morgan fingerprint density at radius 1 is 1.38 bits per heavy atom. The molecule has 2 aromatic rings. The Balaban J connectivity index is 2.05. The number of nitro groups is 1. The van der Waals surface area contributed by atoms with E-state index < -0.39 is 4.92 Å². The summed E-state index contributed by atoms with van der Waals surface area (Å²) in [4.78, 5) is 10.1. The topological polar surface area (TPSA) is 83.8 Å². The second-order valence-electron chi connectivity index (χ2n) is 3.23. The molecule has 0 saturated heterocycles. The number of aromatic nitrogens is 2. The van der Waals surface area contributed by atoms with Gasteiger partial charge in [0.1, 0.15) is 6.20 Å². The summed E-state index contributed by atoms with van der Waals surface area (Å²) in [5, 5.41) is 19.5. The lowest BCUT2D eigenvalue weighted by atomic mass is 10.2. The van der Waals surface area contributed by atoms with Gasteiger partial charge in [-0.1, -0.05) is 35.4 Å². The van der Waals surface area contributed by atoms with E-state index in [-0.39, 0.29) is 5.82 Å². The summed E-state index contributed by atoms with van der Waals surface area (Å²) < 4.78 is 0. The molecule has 0 bridgehead atoms. The number of aromatic amines is 1. The lowest BCUT2D eigenvalue weighted by Gasteiger charge is -2.03. The van der Waals surface area contributed by atoms with Crippen molar-refractivity contribution in [3.05, 3.63) is 52.2 Å². The predicted octanol–water partition coefficient (Wildman–Crippen LogP) is 1.93. The highest BCUT2D eigenvalue weighted by molar-refractivity contribution is 5.55. The first kappa shape index (κ1) is 10.2. The van der Waals surface area contributed by atoms with E-state index in [0.29, 0.717) is 12.2 Å². The molecule has 1 heterocycles. The second kappa shape index (κ2) is 4.43. The number of rotatable bonds is 4. The van der Waals surface area contributed by atoms with Crippen LogP contribution in [0.3, 0.4) is 0 Å². The third-order valence-electron chi connectivity index (χ3n) is 2.13. The van der Waals surface area contributed by atoms with Gasteiger partial charge in [-0.2, -0.15) is 0 Å². The zero-order valence-corrected chi connectivity index (χ0v) is 8.38. The largest absolute Gasteiger partial charge is 0.373 e. The molecular formula is C10H10N4O2. The molecule has 2 rings (SSSR count). The number of H-pyrrole nitrogens is 1. The average Bonchev–Trinajstić information content (AvgIpc) is 2.76. The minimum Gasteiger partial charge on any atom is -0.373 e. The van der Waals surface area contributed by atoms with Gasteiger partial charge in [-0.05, 0) is 10.5 Å². The lowest BCUT2D eigenvalue weighted by molar-refractivity contribution is -0.388. The first-order chi connectivity index (χ1) is 7.77. The minimum absolute atomic E-state index is 0.115. The average molecular weight is 218 g/mol. The Hall–Kier alpha value is -2.37. The molecule has 0 spiro atoms. The number of hydrogen-bond acceptors (Lipinski definition) is 4. The maximum Gasteiger partial charge on any atom is 0.366 e. The van der Waals surface area contributed by atoms with Gasteiger partial charge in [-0.15, -0.1) is 5.10 Å². The number of nitrogens with zero attached hydrogens (tertiary/aromatic N) is 2. The summed E-state index contributed by atoms with van der Waals surface area (Å²) in [7, 11) is 0. The van der Waals surface area contributed by atoms with E-state index in [9.17, 15) is 10.1 Å². The Bertz CT molecular complexity index is 481. The van der Waals surface area contributed by atoms with Crippen LogP contribution in [0, 0.1) is 10.1 Å². The van der Waals surface area contributed by atoms with Crippen molar-refractivity contribution < 1.29 is 4.92 Å². The van der Waals surface area contributed by atoms with Gasteiger partial charge in [-0.3, -0.25) is 0 Å². The highest BCUT2D eigenvalue weighted by atomic mass is 16.6. The Kier molecular flexibility index (Phi) is 2.81. The molecular weight excluding hydrogens is 208 g/mol. The van der Waals surface area contributed by atoms with Crippen LogP contribution in [0.4, 0.5) is 11.5 Å². The second-order valence-corrected chi connectivity index (χ2v) is 3.23. The van der Waals surface area contributed by atoms with Crippen LogP contribution in [0.5, 0.6) is 0 Å². The third kappa shape index (κ3) is 2.17. The van der Waals surface area contributed by atoms with Crippen LogP contribution in [0.15, 0.2) is 36.5 Å². The third-order valence-corrected chi connectivity index (χ3v) is 2.13. The smallest absolute Gasteiger partial charge is 0.366 e. The first-order valence-electron chi connectivity index (χ1n) is 4.73. The van der Waals surface area contributed by atoms with Gasteiger partial charge in [0.25, 0.3) is 0 Å². The Labute approximate surface area is 91.5 Å². The van der Waals surface area contributed by atoms with Crippen LogP contribution in [0.1, 0.15) is 5.56 Å². The van der Waals surface area contributed by atoms with Crippen molar-refractivity contribution >= 4 is 11.5 Å². The summed E-state index contributed by atoms with van der Waals surface area (Å²) in [5.74, 6) is -0.115. The van der Waals surface area contributed by atoms with Crippen molar-refractivity contribution in [1.29, 1.82) is 0 Å². The molecule has 0 radical (unpaired) electrons. The highest BCUT2D eigenvalue weighted by Crippen LogP contribution is 2.20. The highest BCUT2D eigenvalue weighted by Gasteiger charge is 2.13. The van der Waals surface area contributed by atoms with Crippen molar-refractivity contribution in [1.82, 2.24) is 10.2 Å². The van der Waals surface area contributed by atoms with Gasteiger partial charge in [0.15, 0.2) is 5.69 Å². The number of anilines is 1. The number of nitrogens with one attached hydrogen (secondary N) is 2. The maximum absolute atomic E-state index is 10.6. The monoisotopic (exact) mass is 218 g/mol. The molecule has 0 saturated carbocycles. The van der Waals surface area contributed by atoms with Gasteiger partial charge in [0.2, 0.25) is 0 Å². The first-order valence-corrected chi connectivity index (χ1v) is 4.73. The molecule has 0 aliphatic carbocycles. The summed E-state index contributed by atoms with van der Waals surface area (Å²) >= 11 is 0. The quantitative estimate of drug-likeness (QED) is 0.606. The predicted molar refractivity (Wildman–Crippen MR) is 59.0 cm³/mol. The van der Waals surface area contributed by atoms with Crippen molar-refractivity contribution in [2.24, 2.45) is 0 Å². The van der Waals surface area contributed by atoms with Gasteiger partial charge in [0.05, 0.1) is 0 Å². The summed E-state index contributed by atoms with van der Waals surface area (Å²) in [6, 6.07) is 9.64. The van der Waals surface area contributed by atoms with Crippen molar-refractivity contribution in [3.63, 3.8) is 0 Å². The fourth-order valence-electron chi connectivity index (χ4n) is 1.34. The Morgan fingerprint density at radius 2 is 2.12 bits per heavy atom. The minimum atomic E-state index is -0.500. The zero-order valence-electron chi connectivity index (χ0n) is 8.38. The molecule has 2 N–H and O–H groups in total. The van der Waals surface area contributed by atoms with Crippen LogP contribution in [0.25, 0.3) is 0 Å². The van der Waals surface area contributed by atoms with E-state index in [2.05, 4.69) is 15.5 Å². The van der Waals surface area contributed by atoms with Gasteiger partial charge in [-0.25, -0.2) is 0 Å². The van der Waals surface area contributed by atoms with E-state index in [1.165, 1.54) is 6.20 Å². The fraction of sp³-hybridized carbons (Fsp3) is 0.100. The molecule has 6 heteroatoms. The molecule has 1 aromatic heterocycles. The normalized spacial score (nSPS) is 10.0. The summed E-state index contributed by atoms with van der Waals surface area (Å²) in [5.41, 5.74) is 1.45. The van der Waals surface area contributed by atoms with Gasteiger partial charge < -0.3 is 15.4 Å². The molecule has 0 amide bonds. The Morgan fingerprint density at radius 3 is 2.81 bits per heavy atom. The molecule has 1 aromatic carbocycles. The molecule has 0 unspecified atom stereocenters. The summed E-state index contributed by atoms with van der Waals surface area (Å²) in [6.45, 7) is 0.529. The van der Waals surface area contributed by atoms with Crippen LogP contribution < -0.4 is 5.32 Å². The van der Waals surface area contributed by atoms with E-state index in [1.807, 2.05) is 30.3 Å². The SMILES string of the molecule is O=[N+]([O-])c1[nH]ncc1NCc1ccccc1. The van der Waals surface area contributed by atoms with E-state index >= 15 is 0 Å². The van der Waals surface area contributed by atoms with E-state index in [1.54, 1.807) is 0 Å². The molecule has 0 aliphatic heterocycles.